The number of hydrogen-bond donors (Lipinski definition) is 1. The molecule has 1 aliphatic carbocycles. The van der Waals surface area contributed by atoms with Gasteiger partial charge in [0.2, 0.25) is 0 Å². The Kier molecular flexibility index (Phi) is 4.31. The molecule has 3 nitrogen and oxygen atoms in total. The van der Waals surface area contributed by atoms with Crippen molar-refractivity contribution in [3.8, 4) is 0 Å². The van der Waals surface area contributed by atoms with E-state index in [1.54, 1.807) is 11.3 Å². The van der Waals surface area contributed by atoms with Crippen molar-refractivity contribution in [2.45, 2.75) is 25.8 Å². The lowest BCUT2D eigenvalue weighted by Gasteiger charge is -2.25. The van der Waals surface area contributed by atoms with Crippen LogP contribution in [-0.4, -0.2) is 15.9 Å². The molecule has 1 fully saturated rings. The molecular formula is C11H15Cl2N3S. The number of hydrogen-bond acceptors (Lipinski definition) is 3. The zero-order chi connectivity index (χ0) is 11.0. The van der Waals surface area contributed by atoms with Gasteiger partial charge in [-0.3, -0.25) is 4.40 Å². The van der Waals surface area contributed by atoms with Crippen LogP contribution in [0.2, 0.25) is 5.15 Å². The second kappa shape index (κ2) is 5.57. The van der Waals surface area contributed by atoms with Crippen molar-refractivity contribution in [2.24, 2.45) is 5.92 Å². The summed E-state index contributed by atoms with van der Waals surface area (Å²) in [5.41, 5.74) is 1.08. The van der Waals surface area contributed by atoms with Crippen molar-refractivity contribution in [3.05, 3.63) is 22.4 Å². The molecule has 0 saturated heterocycles. The Hall–Kier alpha value is -0.290. The van der Waals surface area contributed by atoms with Crippen LogP contribution in [0.15, 0.2) is 11.6 Å². The van der Waals surface area contributed by atoms with E-state index in [2.05, 4.69) is 14.7 Å². The Bertz CT molecular complexity index is 490. The van der Waals surface area contributed by atoms with Crippen LogP contribution < -0.4 is 5.32 Å². The molecule has 0 bridgehead atoms. The summed E-state index contributed by atoms with van der Waals surface area (Å²) in [6, 6.07) is 0. The Balaban J connectivity index is 0.00000108. The molecule has 6 heteroatoms. The van der Waals surface area contributed by atoms with Crippen LogP contribution in [0.5, 0.6) is 0 Å². The maximum absolute atomic E-state index is 6.11. The molecule has 0 unspecified atom stereocenters. The van der Waals surface area contributed by atoms with Gasteiger partial charge in [-0.1, -0.05) is 18.0 Å². The summed E-state index contributed by atoms with van der Waals surface area (Å²) in [4.78, 5) is 5.29. The maximum atomic E-state index is 6.11. The smallest absolute Gasteiger partial charge is 0.195 e. The fourth-order valence-corrected chi connectivity index (χ4v) is 3.08. The van der Waals surface area contributed by atoms with Gasteiger partial charge in [-0.25, -0.2) is 4.98 Å². The van der Waals surface area contributed by atoms with E-state index in [4.69, 9.17) is 11.6 Å². The summed E-state index contributed by atoms with van der Waals surface area (Å²) in [5, 5.41) is 6.14. The normalized spacial score (nSPS) is 15.8. The van der Waals surface area contributed by atoms with E-state index < -0.39 is 0 Å². The largest absolute Gasteiger partial charge is 0.311 e. The number of fused-ring (bicyclic) bond motifs is 1. The van der Waals surface area contributed by atoms with E-state index >= 15 is 0 Å². The van der Waals surface area contributed by atoms with E-state index in [0.717, 1.165) is 29.7 Å². The summed E-state index contributed by atoms with van der Waals surface area (Å²) < 4.78 is 2.07. The molecule has 0 aliphatic heterocycles. The first-order chi connectivity index (χ1) is 7.84. The lowest BCUT2D eigenvalue weighted by atomic mass is 9.85. The van der Waals surface area contributed by atoms with Gasteiger partial charge in [-0.15, -0.1) is 23.7 Å². The molecule has 2 aromatic rings. The first-order valence-corrected chi connectivity index (χ1v) is 6.91. The number of aromatic nitrogens is 2. The third-order valence-corrected chi connectivity index (χ3v) is 4.32. The van der Waals surface area contributed by atoms with Crippen molar-refractivity contribution >= 4 is 40.3 Å². The fraction of sp³-hybridized carbons (Fsp3) is 0.545. The molecule has 2 heterocycles. The lowest BCUT2D eigenvalue weighted by molar-refractivity contribution is 0.301. The molecule has 17 heavy (non-hydrogen) atoms. The van der Waals surface area contributed by atoms with E-state index in [1.807, 2.05) is 11.6 Å². The summed E-state index contributed by atoms with van der Waals surface area (Å²) in [7, 11) is 0. The molecule has 1 saturated carbocycles. The molecule has 2 aromatic heterocycles. The van der Waals surface area contributed by atoms with Crippen LogP contribution in [0, 0.1) is 5.92 Å². The number of nitrogens with zero attached hydrogens (tertiary/aromatic N) is 2. The highest BCUT2D eigenvalue weighted by atomic mass is 35.5. The minimum absolute atomic E-state index is 0. The molecule has 0 radical (unpaired) electrons. The van der Waals surface area contributed by atoms with Gasteiger partial charge in [0.05, 0.1) is 5.69 Å². The van der Waals surface area contributed by atoms with Gasteiger partial charge in [0, 0.05) is 18.1 Å². The molecule has 94 valence electrons. The van der Waals surface area contributed by atoms with Gasteiger partial charge < -0.3 is 5.32 Å². The van der Waals surface area contributed by atoms with E-state index in [1.165, 1.54) is 19.3 Å². The van der Waals surface area contributed by atoms with Gasteiger partial charge in [0.25, 0.3) is 0 Å². The third-order valence-electron chi connectivity index (χ3n) is 3.26. The maximum Gasteiger partial charge on any atom is 0.195 e. The monoisotopic (exact) mass is 291 g/mol. The van der Waals surface area contributed by atoms with Crippen LogP contribution in [-0.2, 0) is 6.54 Å². The van der Waals surface area contributed by atoms with Gasteiger partial charge in [0.15, 0.2) is 10.1 Å². The molecule has 1 aliphatic rings. The first kappa shape index (κ1) is 13.1. The number of halogens is 2. The number of thiazole rings is 1. The van der Waals surface area contributed by atoms with E-state index in [0.29, 0.717) is 5.15 Å². The van der Waals surface area contributed by atoms with E-state index in [9.17, 15) is 0 Å². The van der Waals surface area contributed by atoms with E-state index in [-0.39, 0.29) is 12.4 Å². The van der Waals surface area contributed by atoms with Crippen LogP contribution in [0.25, 0.3) is 4.96 Å². The van der Waals surface area contributed by atoms with Crippen LogP contribution in [0.4, 0.5) is 0 Å². The molecule has 0 aromatic carbocycles. The highest BCUT2D eigenvalue weighted by molar-refractivity contribution is 7.15. The second-order valence-corrected chi connectivity index (χ2v) is 5.56. The zero-order valence-electron chi connectivity index (χ0n) is 9.36. The van der Waals surface area contributed by atoms with Crippen molar-refractivity contribution < 1.29 is 0 Å². The second-order valence-electron chi connectivity index (χ2n) is 4.33. The number of imidazole rings is 1. The average molecular weight is 292 g/mol. The molecule has 3 rings (SSSR count). The summed E-state index contributed by atoms with van der Waals surface area (Å²) >= 11 is 7.72. The molecule has 1 N–H and O–H groups in total. The standard InChI is InChI=1S/C11H14ClN3S.ClH/c12-10-9(7-13-6-8-2-1-3-8)15-4-5-16-11(15)14-10;/h4-5,8,13H,1-3,6-7H2;1H. The third kappa shape index (κ3) is 2.60. The predicted octanol–water partition coefficient (Wildman–Crippen LogP) is 3.36. The zero-order valence-corrected chi connectivity index (χ0v) is 11.7. The van der Waals surface area contributed by atoms with Crippen molar-refractivity contribution in [3.63, 3.8) is 0 Å². The van der Waals surface area contributed by atoms with Crippen molar-refractivity contribution in [2.75, 3.05) is 6.54 Å². The minimum Gasteiger partial charge on any atom is -0.311 e. The summed E-state index contributed by atoms with van der Waals surface area (Å²) in [6.45, 7) is 1.92. The summed E-state index contributed by atoms with van der Waals surface area (Å²) in [5.74, 6) is 0.879. The van der Waals surface area contributed by atoms with Gasteiger partial charge in [-0.05, 0) is 25.3 Å². The Labute approximate surface area is 116 Å². The van der Waals surface area contributed by atoms with Crippen molar-refractivity contribution in [1.82, 2.24) is 14.7 Å². The topological polar surface area (TPSA) is 29.3 Å². The lowest BCUT2D eigenvalue weighted by Crippen LogP contribution is -2.27. The minimum atomic E-state index is 0. The highest BCUT2D eigenvalue weighted by Crippen LogP contribution is 2.26. The Morgan fingerprint density at radius 1 is 1.53 bits per heavy atom. The SMILES string of the molecule is Cl.Clc1nc2sccn2c1CNCC1CCC1. The van der Waals surface area contributed by atoms with Crippen LogP contribution in [0.1, 0.15) is 25.0 Å². The summed E-state index contributed by atoms with van der Waals surface area (Å²) in [6.07, 6.45) is 6.18. The van der Waals surface area contributed by atoms with Gasteiger partial charge in [0.1, 0.15) is 0 Å². The van der Waals surface area contributed by atoms with Crippen molar-refractivity contribution in [1.29, 1.82) is 0 Å². The Morgan fingerprint density at radius 3 is 3.06 bits per heavy atom. The van der Waals surface area contributed by atoms with Crippen LogP contribution >= 0.6 is 35.3 Å². The van der Waals surface area contributed by atoms with Gasteiger partial charge >= 0.3 is 0 Å². The quantitative estimate of drug-likeness (QED) is 0.936. The molecule has 0 atom stereocenters. The fourth-order valence-electron chi connectivity index (χ4n) is 2.06. The first-order valence-electron chi connectivity index (χ1n) is 5.65. The number of nitrogens with one attached hydrogen (secondary N) is 1. The molecular weight excluding hydrogens is 277 g/mol. The highest BCUT2D eigenvalue weighted by Gasteiger charge is 2.17. The van der Waals surface area contributed by atoms with Gasteiger partial charge in [-0.2, -0.15) is 0 Å². The average Bonchev–Trinajstić information content (AvgIpc) is 2.72. The number of rotatable bonds is 4. The molecule has 0 amide bonds. The van der Waals surface area contributed by atoms with Crippen LogP contribution in [0.3, 0.4) is 0 Å². The predicted molar refractivity (Wildman–Crippen MR) is 74.4 cm³/mol. The molecule has 0 spiro atoms. The Morgan fingerprint density at radius 2 is 2.35 bits per heavy atom.